The zero-order valence-electron chi connectivity index (χ0n) is 13.8. The zero-order valence-corrected chi connectivity index (χ0v) is 15.3. The monoisotopic (exact) mass is 367 g/mol. The van der Waals surface area contributed by atoms with Crippen molar-refractivity contribution in [1.29, 1.82) is 0 Å². The molecule has 1 aromatic carbocycles. The smallest absolute Gasteiger partial charge is 0.251 e. The number of ether oxygens (including phenoxy) is 1. The van der Waals surface area contributed by atoms with Gasteiger partial charge in [-0.3, -0.25) is 4.79 Å². The average molecular weight is 368 g/mol. The molecule has 0 saturated carbocycles. The summed E-state index contributed by atoms with van der Waals surface area (Å²) in [6, 6.07) is 5.83. The van der Waals surface area contributed by atoms with E-state index in [1.165, 1.54) is 0 Å². The van der Waals surface area contributed by atoms with E-state index in [0.29, 0.717) is 42.9 Å². The number of hydrogen-bond donors (Lipinski definition) is 1. The number of amides is 1. The van der Waals surface area contributed by atoms with Crippen LogP contribution in [0.3, 0.4) is 0 Å². The predicted molar refractivity (Wildman–Crippen MR) is 99.5 cm³/mol. The molecule has 1 amide bonds. The highest BCUT2D eigenvalue weighted by Crippen LogP contribution is 2.23. The number of thiocarbonyl (C=S) groups is 1. The van der Waals surface area contributed by atoms with E-state index in [9.17, 15) is 4.79 Å². The van der Waals surface area contributed by atoms with E-state index in [0.717, 1.165) is 24.1 Å². The molecule has 24 heavy (non-hydrogen) atoms. The lowest BCUT2D eigenvalue weighted by atomic mass is 10.2. The fourth-order valence-electron chi connectivity index (χ4n) is 3.02. The Morgan fingerprint density at radius 3 is 2.62 bits per heavy atom. The van der Waals surface area contributed by atoms with Crippen molar-refractivity contribution in [1.82, 2.24) is 9.80 Å². The van der Waals surface area contributed by atoms with Crippen LogP contribution < -0.4 is 5.32 Å². The molecule has 2 fully saturated rings. The molecule has 2 aliphatic heterocycles. The van der Waals surface area contributed by atoms with Crippen LogP contribution >= 0.6 is 23.8 Å². The fraction of sp³-hybridized carbons (Fsp3) is 0.529. The summed E-state index contributed by atoms with van der Waals surface area (Å²) < 4.78 is 5.49. The first-order valence-corrected chi connectivity index (χ1v) is 9.05. The Balaban J connectivity index is 1.52. The number of halogens is 1. The Labute approximate surface area is 152 Å². The number of piperazine rings is 1. The molecule has 130 valence electrons. The van der Waals surface area contributed by atoms with Crippen molar-refractivity contribution in [2.75, 3.05) is 38.1 Å². The van der Waals surface area contributed by atoms with Gasteiger partial charge in [-0.15, -0.1) is 0 Å². The van der Waals surface area contributed by atoms with Gasteiger partial charge in [0.2, 0.25) is 0 Å². The van der Waals surface area contributed by atoms with Crippen molar-refractivity contribution < 1.29 is 9.53 Å². The van der Waals surface area contributed by atoms with Crippen molar-refractivity contribution in [3.8, 4) is 0 Å². The third-order valence-electron chi connectivity index (χ3n) is 4.45. The van der Waals surface area contributed by atoms with E-state index in [1.54, 1.807) is 0 Å². The molecule has 7 heteroatoms. The number of aryl methyl sites for hydroxylation is 1. The number of benzene rings is 1. The molecule has 2 heterocycles. The van der Waals surface area contributed by atoms with Gasteiger partial charge in [-0.25, -0.2) is 0 Å². The second-order valence-corrected chi connectivity index (χ2v) is 7.02. The van der Waals surface area contributed by atoms with Crippen LogP contribution in [0.15, 0.2) is 18.2 Å². The van der Waals surface area contributed by atoms with E-state index in [4.69, 9.17) is 28.6 Å². The predicted octanol–water partition coefficient (Wildman–Crippen LogP) is 2.67. The number of carbonyl (C=O) groups is 1. The van der Waals surface area contributed by atoms with Gasteiger partial charge in [-0.2, -0.15) is 0 Å². The van der Waals surface area contributed by atoms with Crippen molar-refractivity contribution in [2.45, 2.75) is 25.9 Å². The minimum Gasteiger partial charge on any atom is -0.368 e. The minimum absolute atomic E-state index is 0.118. The molecule has 0 radical (unpaired) electrons. The summed E-state index contributed by atoms with van der Waals surface area (Å²) in [6.07, 6.45) is 1.57. The van der Waals surface area contributed by atoms with Crippen molar-refractivity contribution >= 4 is 40.5 Å². The number of anilines is 1. The molecule has 1 aromatic rings. The molecule has 1 atom stereocenters. The lowest BCUT2D eigenvalue weighted by molar-refractivity contribution is -0.142. The van der Waals surface area contributed by atoms with Gasteiger partial charge in [0.15, 0.2) is 5.11 Å². The Morgan fingerprint density at radius 2 is 2.00 bits per heavy atom. The largest absolute Gasteiger partial charge is 0.368 e. The first-order valence-electron chi connectivity index (χ1n) is 8.27. The molecule has 0 aromatic heterocycles. The van der Waals surface area contributed by atoms with Crippen LogP contribution in [0, 0.1) is 6.92 Å². The van der Waals surface area contributed by atoms with Gasteiger partial charge in [0.1, 0.15) is 6.10 Å². The first-order chi connectivity index (χ1) is 11.5. The van der Waals surface area contributed by atoms with Gasteiger partial charge in [0, 0.05) is 32.8 Å². The van der Waals surface area contributed by atoms with Crippen molar-refractivity contribution in [3.63, 3.8) is 0 Å². The second kappa shape index (κ2) is 7.68. The van der Waals surface area contributed by atoms with E-state index >= 15 is 0 Å². The Hall–Kier alpha value is -1.37. The molecule has 3 rings (SSSR count). The van der Waals surface area contributed by atoms with Crippen LogP contribution in [0.4, 0.5) is 5.69 Å². The van der Waals surface area contributed by atoms with Crippen LogP contribution in [-0.2, 0) is 9.53 Å². The highest BCUT2D eigenvalue weighted by molar-refractivity contribution is 7.80. The summed E-state index contributed by atoms with van der Waals surface area (Å²) >= 11 is 11.7. The average Bonchev–Trinajstić information content (AvgIpc) is 3.11. The van der Waals surface area contributed by atoms with E-state index in [1.807, 2.05) is 30.0 Å². The third kappa shape index (κ3) is 3.99. The van der Waals surface area contributed by atoms with Crippen LogP contribution in [0.25, 0.3) is 0 Å². The third-order valence-corrected chi connectivity index (χ3v) is 5.12. The SMILES string of the molecule is Cc1ccc(NC(=S)N2CCN(C(=O)C3CCCO3)CC2)c(Cl)c1. The quantitative estimate of drug-likeness (QED) is 0.814. The highest BCUT2D eigenvalue weighted by atomic mass is 35.5. The summed E-state index contributed by atoms with van der Waals surface area (Å²) in [4.78, 5) is 16.3. The molecular formula is C17H22ClN3O2S. The Bertz CT molecular complexity index is 626. The molecule has 0 spiro atoms. The van der Waals surface area contributed by atoms with Gasteiger partial charge < -0.3 is 19.9 Å². The molecule has 5 nitrogen and oxygen atoms in total. The summed E-state index contributed by atoms with van der Waals surface area (Å²) in [5, 5.41) is 4.50. The van der Waals surface area contributed by atoms with Crippen molar-refractivity contribution in [3.05, 3.63) is 28.8 Å². The van der Waals surface area contributed by atoms with Crippen LogP contribution in [0.5, 0.6) is 0 Å². The summed E-state index contributed by atoms with van der Waals surface area (Å²) in [5.41, 5.74) is 1.92. The number of rotatable bonds is 2. The number of hydrogen-bond acceptors (Lipinski definition) is 3. The van der Waals surface area contributed by atoms with Gasteiger partial charge in [-0.1, -0.05) is 17.7 Å². The van der Waals surface area contributed by atoms with E-state index in [-0.39, 0.29) is 12.0 Å². The second-order valence-electron chi connectivity index (χ2n) is 6.23. The number of nitrogens with zero attached hydrogens (tertiary/aromatic N) is 2. The molecule has 1 unspecified atom stereocenters. The maximum atomic E-state index is 12.4. The molecule has 0 bridgehead atoms. The van der Waals surface area contributed by atoms with Crippen LogP contribution in [-0.4, -0.2) is 59.7 Å². The molecule has 0 aliphatic carbocycles. The lowest BCUT2D eigenvalue weighted by Gasteiger charge is -2.37. The van der Waals surface area contributed by atoms with Gasteiger partial charge >= 0.3 is 0 Å². The zero-order chi connectivity index (χ0) is 17.1. The summed E-state index contributed by atoms with van der Waals surface area (Å²) in [6.45, 7) is 5.46. The standard InChI is InChI=1S/C17H22ClN3O2S/c1-12-4-5-14(13(18)11-12)19-17(24)21-8-6-20(7-9-21)16(22)15-3-2-10-23-15/h4-5,11,15H,2-3,6-10H2,1H3,(H,19,24). The normalized spacial score (nSPS) is 21.0. The maximum absolute atomic E-state index is 12.4. The maximum Gasteiger partial charge on any atom is 0.251 e. The van der Waals surface area contributed by atoms with Gasteiger partial charge in [0.05, 0.1) is 10.7 Å². The Kier molecular flexibility index (Phi) is 5.58. The molecular weight excluding hydrogens is 346 g/mol. The molecule has 1 N–H and O–H groups in total. The topological polar surface area (TPSA) is 44.8 Å². The first kappa shape index (κ1) is 17.5. The van der Waals surface area contributed by atoms with Crippen LogP contribution in [0.2, 0.25) is 5.02 Å². The lowest BCUT2D eigenvalue weighted by Crippen LogP contribution is -2.53. The van der Waals surface area contributed by atoms with Gasteiger partial charge in [0.25, 0.3) is 5.91 Å². The molecule has 2 saturated heterocycles. The fourth-order valence-corrected chi connectivity index (χ4v) is 3.60. The van der Waals surface area contributed by atoms with Crippen molar-refractivity contribution in [2.24, 2.45) is 0 Å². The van der Waals surface area contributed by atoms with Gasteiger partial charge in [-0.05, 0) is 49.7 Å². The highest BCUT2D eigenvalue weighted by Gasteiger charge is 2.30. The number of nitrogens with one attached hydrogen (secondary N) is 1. The van der Waals surface area contributed by atoms with E-state index < -0.39 is 0 Å². The van der Waals surface area contributed by atoms with Crippen LogP contribution in [0.1, 0.15) is 18.4 Å². The molecule has 2 aliphatic rings. The minimum atomic E-state index is -0.243. The number of carbonyl (C=O) groups excluding carboxylic acids is 1. The summed E-state index contributed by atoms with van der Waals surface area (Å²) in [5.74, 6) is 0.118. The Morgan fingerprint density at radius 1 is 1.29 bits per heavy atom. The summed E-state index contributed by atoms with van der Waals surface area (Å²) in [7, 11) is 0. The van der Waals surface area contributed by atoms with E-state index in [2.05, 4.69) is 10.2 Å².